The topological polar surface area (TPSA) is 96.0 Å². The molecule has 0 aliphatic carbocycles. The maximum absolute atomic E-state index is 12.7. The van der Waals surface area contributed by atoms with E-state index in [0.717, 1.165) is 11.3 Å². The quantitative estimate of drug-likeness (QED) is 0.328. The Hall–Kier alpha value is -4.59. The van der Waals surface area contributed by atoms with Crippen molar-refractivity contribution in [2.24, 2.45) is 0 Å². The summed E-state index contributed by atoms with van der Waals surface area (Å²) in [6, 6.07) is 21.4. The summed E-state index contributed by atoms with van der Waals surface area (Å²) in [5.74, 6) is 0.867. The van der Waals surface area contributed by atoms with Crippen molar-refractivity contribution in [3.8, 4) is 28.5 Å². The first-order valence-corrected chi connectivity index (χ1v) is 11.3. The average molecular weight is 487 g/mol. The Bertz CT molecular complexity index is 1380. The van der Waals surface area contributed by atoms with Crippen LogP contribution >= 0.6 is 0 Å². The number of aromatic nitrogens is 1. The molecule has 0 spiro atoms. The van der Waals surface area contributed by atoms with Gasteiger partial charge in [0, 0.05) is 17.0 Å². The molecule has 8 nitrogen and oxygen atoms in total. The second-order valence-electron chi connectivity index (χ2n) is 7.72. The molecule has 0 aliphatic heterocycles. The summed E-state index contributed by atoms with van der Waals surface area (Å²) >= 11 is 0. The summed E-state index contributed by atoms with van der Waals surface area (Å²) in [4.78, 5) is 29.7. The monoisotopic (exact) mass is 486 g/mol. The number of methoxy groups -OCH3 is 2. The van der Waals surface area contributed by atoms with Gasteiger partial charge in [-0.05, 0) is 61.5 Å². The number of hydrogen-bond acceptors (Lipinski definition) is 7. The van der Waals surface area contributed by atoms with Gasteiger partial charge < -0.3 is 24.3 Å². The molecule has 0 saturated carbocycles. The van der Waals surface area contributed by atoms with E-state index in [2.05, 4.69) is 5.32 Å². The third-order valence-electron chi connectivity index (χ3n) is 5.41. The van der Waals surface area contributed by atoms with Crippen LogP contribution in [-0.2, 0) is 9.53 Å². The molecule has 3 aromatic carbocycles. The van der Waals surface area contributed by atoms with Crippen molar-refractivity contribution >= 4 is 28.5 Å². The lowest BCUT2D eigenvalue weighted by atomic mass is 10.1. The van der Waals surface area contributed by atoms with Crippen LogP contribution in [0.25, 0.3) is 22.2 Å². The second kappa shape index (κ2) is 11.2. The minimum atomic E-state index is -0.446. The molecule has 36 heavy (non-hydrogen) atoms. The normalized spacial score (nSPS) is 10.5. The summed E-state index contributed by atoms with van der Waals surface area (Å²) in [6.07, 6.45) is 0. The number of nitrogens with one attached hydrogen (secondary N) is 1. The van der Waals surface area contributed by atoms with Gasteiger partial charge in [-0.25, -0.2) is 9.78 Å². The van der Waals surface area contributed by atoms with Gasteiger partial charge in [0.2, 0.25) is 0 Å². The molecule has 1 aromatic heterocycles. The van der Waals surface area contributed by atoms with Crippen molar-refractivity contribution in [2.45, 2.75) is 6.92 Å². The predicted molar refractivity (Wildman–Crippen MR) is 137 cm³/mol. The van der Waals surface area contributed by atoms with E-state index in [4.69, 9.17) is 23.9 Å². The smallest absolute Gasteiger partial charge is 0.338 e. The van der Waals surface area contributed by atoms with Crippen molar-refractivity contribution in [1.82, 2.24) is 4.98 Å². The van der Waals surface area contributed by atoms with Crippen molar-refractivity contribution in [1.29, 1.82) is 0 Å². The number of pyridine rings is 1. The van der Waals surface area contributed by atoms with Crippen LogP contribution in [0.3, 0.4) is 0 Å². The van der Waals surface area contributed by atoms with E-state index >= 15 is 0 Å². The molecule has 1 heterocycles. The molecule has 0 atom stereocenters. The molecule has 0 saturated heterocycles. The van der Waals surface area contributed by atoms with Gasteiger partial charge in [-0.15, -0.1) is 0 Å². The van der Waals surface area contributed by atoms with Gasteiger partial charge in [-0.1, -0.05) is 12.1 Å². The molecule has 0 unspecified atom stereocenters. The summed E-state index contributed by atoms with van der Waals surface area (Å²) in [7, 11) is 3.14. The minimum absolute atomic E-state index is 0.261. The Morgan fingerprint density at radius 1 is 0.889 bits per heavy atom. The zero-order valence-electron chi connectivity index (χ0n) is 20.2. The fourth-order valence-electron chi connectivity index (χ4n) is 3.64. The van der Waals surface area contributed by atoms with E-state index in [9.17, 15) is 9.59 Å². The predicted octanol–water partition coefficient (Wildman–Crippen LogP) is 5.11. The summed E-state index contributed by atoms with van der Waals surface area (Å²) in [6.45, 7) is 1.75. The number of carbonyl (C=O) groups is 2. The van der Waals surface area contributed by atoms with Gasteiger partial charge in [-0.2, -0.15) is 0 Å². The molecule has 1 N–H and O–H groups in total. The Morgan fingerprint density at radius 3 is 2.39 bits per heavy atom. The maximum Gasteiger partial charge on any atom is 0.338 e. The Morgan fingerprint density at radius 2 is 1.67 bits per heavy atom. The number of amides is 1. The molecular weight excluding hydrogens is 460 g/mol. The van der Waals surface area contributed by atoms with Crippen LogP contribution in [0, 0.1) is 0 Å². The van der Waals surface area contributed by atoms with Crippen LogP contribution in [-0.4, -0.2) is 44.3 Å². The van der Waals surface area contributed by atoms with Crippen LogP contribution < -0.4 is 19.5 Å². The number of nitrogens with zero attached hydrogens (tertiary/aromatic N) is 1. The van der Waals surface area contributed by atoms with Crippen LogP contribution in [0.2, 0.25) is 0 Å². The highest BCUT2D eigenvalue weighted by molar-refractivity contribution is 5.98. The molecule has 184 valence electrons. The number of anilines is 1. The summed E-state index contributed by atoms with van der Waals surface area (Å²) < 4.78 is 21.6. The first-order chi connectivity index (χ1) is 17.5. The number of fused-ring (bicyclic) bond motifs is 1. The molecule has 4 aromatic rings. The number of benzene rings is 3. The maximum atomic E-state index is 12.7. The van der Waals surface area contributed by atoms with Crippen molar-refractivity contribution in [2.75, 3.05) is 32.8 Å². The lowest BCUT2D eigenvalue weighted by molar-refractivity contribution is -0.118. The van der Waals surface area contributed by atoms with Gasteiger partial charge in [0.1, 0.15) is 17.2 Å². The fourth-order valence-corrected chi connectivity index (χ4v) is 3.64. The average Bonchev–Trinajstić information content (AvgIpc) is 2.91. The van der Waals surface area contributed by atoms with Gasteiger partial charge >= 0.3 is 5.97 Å². The molecule has 1 amide bonds. The standard InChI is InChI=1S/C28H26N2O6/c1-4-35-28(32)19-11-14-22-21(15-19)26(16-24(29-22)18-9-12-20(33-2)13-10-18)36-17-27(31)30-23-7-5-6-8-25(23)34-3/h5-16H,4,17H2,1-3H3,(H,30,31). The first-order valence-electron chi connectivity index (χ1n) is 11.3. The Kier molecular flexibility index (Phi) is 7.65. The zero-order valence-corrected chi connectivity index (χ0v) is 20.2. The van der Waals surface area contributed by atoms with Crippen LogP contribution in [0.5, 0.6) is 17.2 Å². The lowest BCUT2D eigenvalue weighted by Gasteiger charge is -2.14. The largest absolute Gasteiger partial charge is 0.497 e. The van der Waals surface area contributed by atoms with Crippen molar-refractivity contribution in [3.63, 3.8) is 0 Å². The number of rotatable bonds is 9. The minimum Gasteiger partial charge on any atom is -0.497 e. The number of hydrogen-bond donors (Lipinski definition) is 1. The lowest BCUT2D eigenvalue weighted by Crippen LogP contribution is -2.20. The number of esters is 1. The second-order valence-corrected chi connectivity index (χ2v) is 7.72. The molecular formula is C28H26N2O6. The van der Waals surface area contributed by atoms with Crippen LogP contribution in [0.1, 0.15) is 17.3 Å². The van der Waals surface area contributed by atoms with E-state index < -0.39 is 5.97 Å². The molecule has 0 radical (unpaired) electrons. The van der Waals surface area contributed by atoms with E-state index in [-0.39, 0.29) is 19.1 Å². The molecule has 0 aliphatic rings. The molecule has 4 rings (SSSR count). The van der Waals surface area contributed by atoms with Gasteiger partial charge in [0.25, 0.3) is 5.91 Å². The van der Waals surface area contributed by atoms with Crippen molar-refractivity contribution < 1.29 is 28.5 Å². The number of carbonyl (C=O) groups excluding carboxylic acids is 2. The van der Waals surface area contributed by atoms with Gasteiger partial charge in [-0.3, -0.25) is 4.79 Å². The summed E-state index contributed by atoms with van der Waals surface area (Å²) in [5, 5.41) is 3.38. The SMILES string of the molecule is CCOC(=O)c1ccc2nc(-c3ccc(OC)cc3)cc(OCC(=O)Nc3ccccc3OC)c2c1. The Labute approximate surface area is 208 Å². The van der Waals surface area contributed by atoms with Gasteiger partial charge in [0.05, 0.1) is 43.3 Å². The molecule has 0 bridgehead atoms. The van der Waals surface area contributed by atoms with E-state index in [0.29, 0.717) is 39.3 Å². The highest BCUT2D eigenvalue weighted by Crippen LogP contribution is 2.32. The fraction of sp³-hybridized carbons (Fsp3) is 0.179. The molecule has 8 heteroatoms. The van der Waals surface area contributed by atoms with Crippen LogP contribution in [0.15, 0.2) is 72.8 Å². The zero-order chi connectivity index (χ0) is 25.5. The molecule has 0 fully saturated rings. The first kappa shape index (κ1) is 24.5. The van der Waals surface area contributed by atoms with E-state index in [1.165, 1.54) is 7.11 Å². The number of para-hydroxylation sites is 2. The highest BCUT2D eigenvalue weighted by atomic mass is 16.5. The van der Waals surface area contributed by atoms with Crippen LogP contribution in [0.4, 0.5) is 5.69 Å². The third-order valence-corrected chi connectivity index (χ3v) is 5.41. The van der Waals surface area contributed by atoms with E-state index in [1.807, 2.05) is 30.3 Å². The summed E-state index contributed by atoms with van der Waals surface area (Å²) in [5.41, 5.74) is 3.00. The number of ether oxygens (including phenoxy) is 4. The van der Waals surface area contributed by atoms with Crippen molar-refractivity contribution in [3.05, 3.63) is 78.4 Å². The van der Waals surface area contributed by atoms with E-state index in [1.54, 1.807) is 56.5 Å². The Balaban J connectivity index is 1.67. The highest BCUT2D eigenvalue weighted by Gasteiger charge is 2.15. The van der Waals surface area contributed by atoms with Gasteiger partial charge in [0.15, 0.2) is 6.61 Å². The third kappa shape index (κ3) is 5.55.